The molecule has 0 aliphatic carbocycles. The standard InChI is InChI=1S/C14H13N5O/c1-15-12(20)9-19-13-11(6-4-8-17-13)18-14(19)10-5-2-3-7-16-10/h2-8H,9H2,1H3,(H,15,20). The topological polar surface area (TPSA) is 72.7 Å². The molecule has 0 fully saturated rings. The third-order valence-corrected chi connectivity index (χ3v) is 2.98. The average Bonchev–Trinajstić information content (AvgIpc) is 2.87. The number of hydrogen-bond acceptors (Lipinski definition) is 4. The van der Waals surface area contributed by atoms with Crippen LogP contribution < -0.4 is 5.32 Å². The minimum atomic E-state index is -0.105. The minimum absolute atomic E-state index is 0.105. The number of fused-ring (bicyclic) bond motifs is 1. The highest BCUT2D eigenvalue weighted by Crippen LogP contribution is 2.21. The van der Waals surface area contributed by atoms with Crippen LogP contribution in [-0.4, -0.2) is 32.5 Å². The number of likely N-dealkylation sites (N-methyl/N-ethyl adjacent to an activating group) is 1. The molecule has 0 radical (unpaired) electrons. The number of nitrogens with one attached hydrogen (secondary N) is 1. The molecule has 3 rings (SSSR count). The summed E-state index contributed by atoms with van der Waals surface area (Å²) in [6, 6.07) is 9.28. The molecule has 1 amide bonds. The van der Waals surface area contributed by atoms with E-state index < -0.39 is 0 Å². The van der Waals surface area contributed by atoms with Crippen molar-refractivity contribution in [3.8, 4) is 11.5 Å². The quantitative estimate of drug-likeness (QED) is 0.775. The Balaban J connectivity index is 2.20. The zero-order chi connectivity index (χ0) is 13.9. The van der Waals surface area contributed by atoms with Gasteiger partial charge in [-0.2, -0.15) is 0 Å². The molecule has 1 N–H and O–H groups in total. The van der Waals surface area contributed by atoms with Crippen molar-refractivity contribution in [1.82, 2.24) is 24.8 Å². The molecule has 0 aliphatic heterocycles. The second-order valence-electron chi connectivity index (χ2n) is 4.26. The van der Waals surface area contributed by atoms with Gasteiger partial charge in [-0.1, -0.05) is 6.07 Å². The van der Waals surface area contributed by atoms with Crippen LogP contribution in [0.3, 0.4) is 0 Å². The highest BCUT2D eigenvalue weighted by molar-refractivity contribution is 5.81. The zero-order valence-electron chi connectivity index (χ0n) is 10.9. The van der Waals surface area contributed by atoms with Crippen molar-refractivity contribution < 1.29 is 4.79 Å². The van der Waals surface area contributed by atoms with Crippen LogP contribution in [0.4, 0.5) is 0 Å². The zero-order valence-corrected chi connectivity index (χ0v) is 10.9. The first-order valence-electron chi connectivity index (χ1n) is 6.23. The Morgan fingerprint density at radius 2 is 2.05 bits per heavy atom. The monoisotopic (exact) mass is 267 g/mol. The van der Waals surface area contributed by atoms with Gasteiger partial charge in [0.2, 0.25) is 5.91 Å². The fourth-order valence-corrected chi connectivity index (χ4v) is 2.02. The van der Waals surface area contributed by atoms with Crippen LogP contribution in [-0.2, 0) is 11.3 Å². The first kappa shape index (κ1) is 12.3. The van der Waals surface area contributed by atoms with Gasteiger partial charge in [0, 0.05) is 19.4 Å². The number of rotatable bonds is 3. The van der Waals surface area contributed by atoms with E-state index in [-0.39, 0.29) is 12.5 Å². The molecule has 0 atom stereocenters. The summed E-state index contributed by atoms with van der Waals surface area (Å²) in [4.78, 5) is 24.8. The van der Waals surface area contributed by atoms with E-state index in [0.717, 1.165) is 11.2 Å². The molecule has 0 aromatic carbocycles. The van der Waals surface area contributed by atoms with E-state index in [1.54, 1.807) is 24.0 Å². The Morgan fingerprint density at radius 3 is 2.80 bits per heavy atom. The summed E-state index contributed by atoms with van der Waals surface area (Å²) in [5.41, 5.74) is 2.14. The van der Waals surface area contributed by atoms with E-state index in [9.17, 15) is 4.79 Å². The second-order valence-corrected chi connectivity index (χ2v) is 4.26. The van der Waals surface area contributed by atoms with Gasteiger partial charge in [0.1, 0.15) is 17.8 Å². The first-order chi connectivity index (χ1) is 9.79. The van der Waals surface area contributed by atoms with Crippen LogP contribution in [0.25, 0.3) is 22.7 Å². The number of carbonyl (C=O) groups excluding carboxylic acids is 1. The fourth-order valence-electron chi connectivity index (χ4n) is 2.02. The Morgan fingerprint density at radius 1 is 1.20 bits per heavy atom. The van der Waals surface area contributed by atoms with Gasteiger partial charge in [0.25, 0.3) is 0 Å². The molecule has 20 heavy (non-hydrogen) atoms. The number of aromatic nitrogens is 4. The molecule has 0 saturated carbocycles. The Labute approximate surface area is 115 Å². The van der Waals surface area contributed by atoms with Crippen molar-refractivity contribution >= 4 is 17.1 Å². The molecular formula is C14H13N5O. The number of imidazole rings is 1. The van der Waals surface area contributed by atoms with Crippen LogP contribution in [0.2, 0.25) is 0 Å². The third kappa shape index (κ3) is 2.11. The number of carbonyl (C=O) groups is 1. The van der Waals surface area contributed by atoms with Crippen LogP contribution in [0, 0.1) is 0 Å². The molecule has 0 aliphatic rings. The van der Waals surface area contributed by atoms with Crippen molar-refractivity contribution in [2.45, 2.75) is 6.54 Å². The van der Waals surface area contributed by atoms with Gasteiger partial charge in [-0.25, -0.2) is 9.97 Å². The fraction of sp³-hybridized carbons (Fsp3) is 0.143. The lowest BCUT2D eigenvalue weighted by atomic mass is 10.3. The number of amides is 1. The summed E-state index contributed by atoms with van der Waals surface area (Å²) in [7, 11) is 1.61. The summed E-state index contributed by atoms with van der Waals surface area (Å²) in [6.45, 7) is 0.163. The van der Waals surface area contributed by atoms with E-state index in [4.69, 9.17) is 0 Å². The number of nitrogens with zero attached hydrogens (tertiary/aromatic N) is 4. The van der Waals surface area contributed by atoms with Crippen LogP contribution in [0.15, 0.2) is 42.7 Å². The maximum atomic E-state index is 11.7. The summed E-state index contributed by atoms with van der Waals surface area (Å²) < 4.78 is 1.77. The lowest BCUT2D eigenvalue weighted by Gasteiger charge is -2.06. The Kier molecular flexibility index (Phi) is 3.12. The molecule has 6 nitrogen and oxygen atoms in total. The predicted octanol–water partition coefficient (Wildman–Crippen LogP) is 1.24. The van der Waals surface area contributed by atoms with Crippen molar-refractivity contribution in [1.29, 1.82) is 0 Å². The normalized spacial score (nSPS) is 10.7. The molecule has 3 heterocycles. The summed E-state index contributed by atoms with van der Waals surface area (Å²) >= 11 is 0. The van der Waals surface area contributed by atoms with Crippen molar-refractivity contribution in [3.63, 3.8) is 0 Å². The average molecular weight is 267 g/mol. The van der Waals surface area contributed by atoms with Gasteiger partial charge < -0.3 is 5.32 Å². The van der Waals surface area contributed by atoms with Crippen molar-refractivity contribution in [2.75, 3.05) is 7.05 Å². The van der Waals surface area contributed by atoms with E-state index in [0.29, 0.717) is 11.5 Å². The number of pyridine rings is 2. The van der Waals surface area contributed by atoms with Crippen molar-refractivity contribution in [2.24, 2.45) is 0 Å². The molecule has 0 unspecified atom stereocenters. The molecule has 3 aromatic heterocycles. The molecule has 0 spiro atoms. The van der Waals surface area contributed by atoms with Crippen LogP contribution >= 0.6 is 0 Å². The molecule has 0 bridgehead atoms. The molecule has 6 heteroatoms. The molecule has 3 aromatic rings. The largest absolute Gasteiger partial charge is 0.358 e. The van der Waals surface area contributed by atoms with Gasteiger partial charge in [-0.15, -0.1) is 0 Å². The first-order valence-corrected chi connectivity index (χ1v) is 6.23. The lowest BCUT2D eigenvalue weighted by molar-refractivity contribution is -0.121. The van der Waals surface area contributed by atoms with Crippen molar-refractivity contribution in [3.05, 3.63) is 42.7 Å². The predicted molar refractivity (Wildman–Crippen MR) is 74.8 cm³/mol. The van der Waals surface area contributed by atoms with Gasteiger partial charge in [-0.3, -0.25) is 14.3 Å². The van der Waals surface area contributed by atoms with Crippen LogP contribution in [0.5, 0.6) is 0 Å². The highest BCUT2D eigenvalue weighted by atomic mass is 16.1. The van der Waals surface area contributed by atoms with Crippen LogP contribution in [0.1, 0.15) is 0 Å². The lowest BCUT2D eigenvalue weighted by Crippen LogP contribution is -2.24. The molecular weight excluding hydrogens is 254 g/mol. The van der Waals surface area contributed by atoms with Gasteiger partial charge in [0.15, 0.2) is 11.5 Å². The SMILES string of the molecule is CNC(=O)Cn1c(-c2ccccn2)nc2cccnc21. The Hall–Kier alpha value is -2.76. The van der Waals surface area contributed by atoms with E-state index in [2.05, 4.69) is 20.3 Å². The molecule has 0 saturated heterocycles. The maximum absolute atomic E-state index is 11.7. The van der Waals surface area contributed by atoms with E-state index >= 15 is 0 Å². The van der Waals surface area contributed by atoms with E-state index in [1.165, 1.54) is 0 Å². The van der Waals surface area contributed by atoms with E-state index in [1.807, 2.05) is 30.3 Å². The maximum Gasteiger partial charge on any atom is 0.239 e. The summed E-state index contributed by atoms with van der Waals surface area (Å²) in [5.74, 6) is 0.537. The Bertz CT molecular complexity index is 751. The minimum Gasteiger partial charge on any atom is -0.358 e. The highest BCUT2D eigenvalue weighted by Gasteiger charge is 2.15. The summed E-state index contributed by atoms with van der Waals surface area (Å²) in [5, 5.41) is 2.61. The number of hydrogen-bond donors (Lipinski definition) is 1. The van der Waals surface area contributed by atoms with Gasteiger partial charge >= 0.3 is 0 Å². The summed E-state index contributed by atoms with van der Waals surface area (Å²) in [6.07, 6.45) is 3.39. The van der Waals surface area contributed by atoms with Gasteiger partial charge in [0.05, 0.1) is 0 Å². The third-order valence-electron chi connectivity index (χ3n) is 2.98. The second kappa shape index (κ2) is 5.08. The van der Waals surface area contributed by atoms with Gasteiger partial charge in [-0.05, 0) is 24.3 Å². The smallest absolute Gasteiger partial charge is 0.239 e. The molecule has 100 valence electrons.